The van der Waals surface area contributed by atoms with Gasteiger partial charge in [0.25, 0.3) is 0 Å². The molecule has 1 aromatic heterocycles. The number of aryl methyl sites for hydroxylation is 1. The quantitative estimate of drug-likeness (QED) is 0.643. The molecule has 2 heteroatoms. The summed E-state index contributed by atoms with van der Waals surface area (Å²) < 4.78 is 0. The molecule has 10 heavy (non-hydrogen) atoms. The molecule has 0 atom stereocenters. The third-order valence-corrected chi connectivity index (χ3v) is 1.23. The van der Waals surface area contributed by atoms with Crippen molar-refractivity contribution in [1.82, 2.24) is 4.98 Å². The van der Waals surface area contributed by atoms with Gasteiger partial charge in [-0.15, -0.1) is 12.4 Å². The zero-order chi connectivity index (χ0) is 6.53. The van der Waals surface area contributed by atoms with Gasteiger partial charge in [-0.2, -0.15) is 0 Å². The van der Waals surface area contributed by atoms with E-state index in [1.54, 1.807) is 0 Å². The van der Waals surface area contributed by atoms with Crippen molar-refractivity contribution in [2.75, 3.05) is 0 Å². The second-order valence-corrected chi connectivity index (χ2v) is 2.07. The maximum atomic E-state index is 4.17. The smallest absolute Gasteiger partial charge is 0.0403 e. The lowest BCUT2D eigenvalue weighted by Crippen LogP contribution is -1.84. The van der Waals surface area contributed by atoms with Crippen LogP contribution in [-0.4, -0.2) is 4.98 Å². The fourth-order valence-corrected chi connectivity index (χ4v) is 0.802. The van der Waals surface area contributed by atoms with E-state index in [0.29, 0.717) is 0 Å². The third kappa shape index (κ3) is 2.83. The summed E-state index contributed by atoms with van der Waals surface area (Å²) in [6, 6.07) is 6.03. The highest BCUT2D eigenvalue weighted by Gasteiger charge is 1.86. The van der Waals surface area contributed by atoms with Crippen LogP contribution in [0.1, 0.15) is 19.0 Å². The Morgan fingerprint density at radius 2 is 2.20 bits per heavy atom. The lowest BCUT2D eigenvalue weighted by Gasteiger charge is -1.92. The number of pyridine rings is 1. The van der Waals surface area contributed by atoms with E-state index in [1.165, 1.54) is 12.1 Å². The number of halogens is 1. The molecule has 56 valence electrons. The van der Waals surface area contributed by atoms with E-state index in [2.05, 4.69) is 18.0 Å². The van der Waals surface area contributed by atoms with Crippen LogP contribution in [0.2, 0.25) is 0 Å². The molecule has 0 aliphatic carbocycles. The molecule has 0 fully saturated rings. The van der Waals surface area contributed by atoms with Gasteiger partial charge in [0.1, 0.15) is 0 Å². The van der Waals surface area contributed by atoms with Gasteiger partial charge in [-0.1, -0.05) is 19.4 Å². The van der Waals surface area contributed by atoms with E-state index in [-0.39, 0.29) is 12.4 Å². The average molecular weight is 158 g/mol. The molecule has 0 aromatic carbocycles. The second kappa shape index (κ2) is 5.24. The Morgan fingerprint density at radius 1 is 1.40 bits per heavy atom. The van der Waals surface area contributed by atoms with Crippen molar-refractivity contribution in [3.8, 4) is 0 Å². The van der Waals surface area contributed by atoms with Crippen LogP contribution in [0, 0.1) is 0 Å². The van der Waals surface area contributed by atoms with Crippen LogP contribution >= 0.6 is 12.4 Å². The summed E-state index contributed by atoms with van der Waals surface area (Å²) in [7, 11) is 0. The molecule has 0 spiro atoms. The summed E-state index contributed by atoms with van der Waals surface area (Å²) in [5.74, 6) is 0. The Labute approximate surface area is 67.9 Å². The molecule has 0 saturated carbocycles. The zero-order valence-corrected chi connectivity index (χ0v) is 6.90. The first kappa shape index (κ1) is 9.44. The molecular weight excluding hydrogens is 146 g/mol. The van der Waals surface area contributed by atoms with Gasteiger partial charge >= 0.3 is 0 Å². The minimum absolute atomic E-state index is 0. The Hall–Kier alpha value is -0.560. The van der Waals surface area contributed by atoms with E-state index in [1.807, 2.05) is 18.3 Å². The molecule has 0 N–H and O–H groups in total. The van der Waals surface area contributed by atoms with Crippen molar-refractivity contribution in [3.05, 3.63) is 30.1 Å². The normalized spacial score (nSPS) is 8.50. The summed E-state index contributed by atoms with van der Waals surface area (Å²) in [5, 5.41) is 0. The van der Waals surface area contributed by atoms with Gasteiger partial charge in [-0.3, -0.25) is 4.98 Å². The van der Waals surface area contributed by atoms with Crippen LogP contribution < -0.4 is 0 Å². The SMILES string of the molecule is CCCc1ccccn1.Cl. The maximum Gasteiger partial charge on any atom is 0.0403 e. The second-order valence-electron chi connectivity index (χ2n) is 2.07. The molecule has 0 radical (unpaired) electrons. The van der Waals surface area contributed by atoms with Crippen molar-refractivity contribution in [2.24, 2.45) is 0 Å². The molecule has 1 heterocycles. The van der Waals surface area contributed by atoms with E-state index in [0.717, 1.165) is 6.42 Å². The van der Waals surface area contributed by atoms with Gasteiger partial charge in [0.15, 0.2) is 0 Å². The monoisotopic (exact) mass is 157 g/mol. The summed E-state index contributed by atoms with van der Waals surface area (Å²) in [4.78, 5) is 4.17. The van der Waals surface area contributed by atoms with Gasteiger partial charge in [0.2, 0.25) is 0 Å². The number of hydrogen-bond acceptors (Lipinski definition) is 1. The van der Waals surface area contributed by atoms with Gasteiger partial charge < -0.3 is 0 Å². The highest BCUT2D eigenvalue weighted by Crippen LogP contribution is 1.95. The van der Waals surface area contributed by atoms with Crippen LogP contribution in [0.4, 0.5) is 0 Å². The minimum Gasteiger partial charge on any atom is -0.261 e. The molecule has 0 aliphatic heterocycles. The molecular formula is C8H12ClN. The first-order chi connectivity index (χ1) is 4.43. The third-order valence-electron chi connectivity index (χ3n) is 1.23. The summed E-state index contributed by atoms with van der Waals surface area (Å²) in [6.45, 7) is 2.16. The van der Waals surface area contributed by atoms with Crippen LogP contribution in [0.3, 0.4) is 0 Å². The lowest BCUT2D eigenvalue weighted by atomic mass is 10.2. The van der Waals surface area contributed by atoms with Crippen LogP contribution in [0.5, 0.6) is 0 Å². The first-order valence-electron chi connectivity index (χ1n) is 3.33. The van der Waals surface area contributed by atoms with Crippen molar-refractivity contribution in [3.63, 3.8) is 0 Å². The largest absolute Gasteiger partial charge is 0.261 e. The molecule has 0 amide bonds. The van der Waals surface area contributed by atoms with E-state index < -0.39 is 0 Å². The fraction of sp³-hybridized carbons (Fsp3) is 0.375. The van der Waals surface area contributed by atoms with E-state index in [4.69, 9.17) is 0 Å². The number of rotatable bonds is 2. The van der Waals surface area contributed by atoms with Crippen molar-refractivity contribution < 1.29 is 0 Å². The number of hydrogen-bond donors (Lipinski definition) is 0. The standard InChI is InChI=1S/C8H11N.ClH/c1-2-5-8-6-3-4-7-9-8;/h3-4,6-7H,2,5H2,1H3;1H. The molecule has 0 saturated heterocycles. The average Bonchev–Trinajstić information content (AvgIpc) is 1.91. The number of nitrogens with zero attached hydrogens (tertiary/aromatic N) is 1. The van der Waals surface area contributed by atoms with Crippen molar-refractivity contribution >= 4 is 12.4 Å². The highest BCUT2D eigenvalue weighted by molar-refractivity contribution is 5.85. The van der Waals surface area contributed by atoms with Crippen molar-refractivity contribution in [2.45, 2.75) is 19.8 Å². The van der Waals surface area contributed by atoms with Crippen LogP contribution in [0.25, 0.3) is 0 Å². The molecule has 0 bridgehead atoms. The van der Waals surface area contributed by atoms with E-state index in [9.17, 15) is 0 Å². The lowest BCUT2D eigenvalue weighted by molar-refractivity contribution is 0.883. The highest BCUT2D eigenvalue weighted by atomic mass is 35.5. The van der Waals surface area contributed by atoms with Gasteiger partial charge in [0, 0.05) is 11.9 Å². The Morgan fingerprint density at radius 3 is 2.70 bits per heavy atom. The Balaban J connectivity index is 0.000000810. The predicted molar refractivity (Wildman–Crippen MR) is 45.5 cm³/mol. The Kier molecular flexibility index (Phi) is 4.95. The van der Waals surface area contributed by atoms with Crippen LogP contribution in [0.15, 0.2) is 24.4 Å². The summed E-state index contributed by atoms with van der Waals surface area (Å²) >= 11 is 0. The van der Waals surface area contributed by atoms with Crippen molar-refractivity contribution in [1.29, 1.82) is 0 Å². The Bertz CT molecular complexity index is 162. The fourth-order valence-electron chi connectivity index (χ4n) is 0.802. The summed E-state index contributed by atoms with van der Waals surface area (Å²) in [6.07, 6.45) is 4.11. The molecule has 0 aliphatic rings. The molecule has 1 aromatic rings. The zero-order valence-electron chi connectivity index (χ0n) is 6.08. The predicted octanol–water partition coefficient (Wildman–Crippen LogP) is 2.46. The molecule has 1 rings (SSSR count). The topological polar surface area (TPSA) is 12.9 Å². The minimum atomic E-state index is 0. The van der Waals surface area contributed by atoms with Gasteiger partial charge in [-0.25, -0.2) is 0 Å². The van der Waals surface area contributed by atoms with E-state index >= 15 is 0 Å². The molecule has 1 nitrogen and oxygen atoms in total. The number of aromatic nitrogens is 1. The maximum absolute atomic E-state index is 4.17. The van der Waals surface area contributed by atoms with Crippen LogP contribution in [-0.2, 0) is 6.42 Å². The van der Waals surface area contributed by atoms with Gasteiger partial charge in [-0.05, 0) is 18.6 Å². The summed E-state index contributed by atoms with van der Waals surface area (Å²) in [5.41, 5.74) is 1.19. The first-order valence-corrected chi connectivity index (χ1v) is 3.33. The van der Waals surface area contributed by atoms with Gasteiger partial charge in [0.05, 0.1) is 0 Å². The molecule has 0 unspecified atom stereocenters.